The minimum Gasteiger partial charge on any atom is -0.456 e. The van der Waals surface area contributed by atoms with Gasteiger partial charge in [-0.15, -0.1) is 0 Å². The van der Waals surface area contributed by atoms with Gasteiger partial charge in [0.1, 0.15) is 11.9 Å². The standard InChI is InChI=1S/C12H16FNO2/c1-7-5-11(16-8(7)2)12(15)14-10-4-3-9(13)6-10/h5,9-10H,3-4,6H2,1-2H3,(H,14,15). The van der Waals surface area contributed by atoms with Crippen molar-refractivity contribution in [3.8, 4) is 0 Å². The number of carbonyl (C=O) groups is 1. The van der Waals surface area contributed by atoms with Crippen LogP contribution in [0.2, 0.25) is 0 Å². The summed E-state index contributed by atoms with van der Waals surface area (Å²) in [5.41, 5.74) is 0.958. The van der Waals surface area contributed by atoms with Gasteiger partial charge in [0.25, 0.3) is 5.91 Å². The first-order chi connectivity index (χ1) is 7.56. The summed E-state index contributed by atoms with van der Waals surface area (Å²) >= 11 is 0. The number of rotatable bonds is 2. The molecule has 1 heterocycles. The van der Waals surface area contributed by atoms with Crippen LogP contribution >= 0.6 is 0 Å². The molecule has 2 atom stereocenters. The third-order valence-corrected chi connectivity index (χ3v) is 3.09. The average Bonchev–Trinajstić information content (AvgIpc) is 2.75. The van der Waals surface area contributed by atoms with E-state index in [0.29, 0.717) is 25.0 Å². The van der Waals surface area contributed by atoms with E-state index in [-0.39, 0.29) is 11.9 Å². The van der Waals surface area contributed by atoms with Crippen LogP contribution in [-0.4, -0.2) is 18.1 Å². The van der Waals surface area contributed by atoms with Crippen LogP contribution in [-0.2, 0) is 0 Å². The first-order valence-electron chi connectivity index (χ1n) is 5.58. The van der Waals surface area contributed by atoms with Gasteiger partial charge in [-0.3, -0.25) is 4.79 Å². The van der Waals surface area contributed by atoms with E-state index >= 15 is 0 Å². The number of amides is 1. The second kappa shape index (κ2) is 4.28. The summed E-state index contributed by atoms with van der Waals surface area (Å²) in [6.07, 6.45) is 0.905. The molecule has 1 aliphatic rings. The number of hydrogen-bond donors (Lipinski definition) is 1. The monoisotopic (exact) mass is 225 g/mol. The van der Waals surface area contributed by atoms with Gasteiger partial charge >= 0.3 is 0 Å². The number of hydrogen-bond acceptors (Lipinski definition) is 2. The van der Waals surface area contributed by atoms with Gasteiger partial charge in [-0.2, -0.15) is 0 Å². The van der Waals surface area contributed by atoms with Gasteiger partial charge < -0.3 is 9.73 Å². The van der Waals surface area contributed by atoms with Crippen molar-refractivity contribution < 1.29 is 13.6 Å². The third kappa shape index (κ3) is 2.26. The van der Waals surface area contributed by atoms with Crippen LogP contribution in [0.25, 0.3) is 0 Å². The van der Waals surface area contributed by atoms with Crippen LogP contribution in [0.4, 0.5) is 4.39 Å². The Balaban J connectivity index is 1.98. The average molecular weight is 225 g/mol. The highest BCUT2D eigenvalue weighted by molar-refractivity contribution is 5.92. The van der Waals surface area contributed by atoms with E-state index in [0.717, 1.165) is 11.3 Å². The molecule has 1 aromatic rings. The van der Waals surface area contributed by atoms with Crippen LogP contribution < -0.4 is 5.32 Å². The molecule has 0 spiro atoms. The van der Waals surface area contributed by atoms with E-state index in [1.165, 1.54) is 0 Å². The first kappa shape index (κ1) is 11.2. The zero-order valence-corrected chi connectivity index (χ0v) is 9.55. The van der Waals surface area contributed by atoms with Crippen LogP contribution in [0.5, 0.6) is 0 Å². The Bertz CT molecular complexity index is 380. The zero-order chi connectivity index (χ0) is 11.7. The largest absolute Gasteiger partial charge is 0.456 e. The van der Waals surface area contributed by atoms with Crippen molar-refractivity contribution in [3.05, 3.63) is 23.2 Å². The van der Waals surface area contributed by atoms with E-state index in [2.05, 4.69) is 5.32 Å². The maximum atomic E-state index is 12.9. The Kier molecular flexibility index (Phi) is 2.99. The lowest BCUT2D eigenvalue weighted by Gasteiger charge is -2.09. The molecule has 0 radical (unpaired) electrons. The highest BCUT2D eigenvalue weighted by Crippen LogP contribution is 2.22. The number of alkyl halides is 1. The Hall–Kier alpha value is -1.32. The summed E-state index contributed by atoms with van der Waals surface area (Å²) in [4.78, 5) is 11.7. The third-order valence-electron chi connectivity index (χ3n) is 3.09. The molecule has 1 aliphatic carbocycles. The van der Waals surface area contributed by atoms with Crippen LogP contribution in [0.1, 0.15) is 41.1 Å². The number of halogens is 1. The van der Waals surface area contributed by atoms with Crippen molar-refractivity contribution in [2.75, 3.05) is 0 Å². The summed E-state index contributed by atoms with van der Waals surface area (Å²) in [6.45, 7) is 3.71. The fraction of sp³-hybridized carbons (Fsp3) is 0.583. The molecule has 2 rings (SSSR count). The predicted octanol–water partition coefficient (Wildman–Crippen LogP) is 2.52. The molecular weight excluding hydrogens is 209 g/mol. The fourth-order valence-corrected chi connectivity index (χ4v) is 2.00. The Morgan fingerprint density at radius 1 is 1.50 bits per heavy atom. The van der Waals surface area contributed by atoms with Gasteiger partial charge in [-0.25, -0.2) is 4.39 Å². The molecule has 1 amide bonds. The van der Waals surface area contributed by atoms with Gasteiger partial charge in [0.15, 0.2) is 5.76 Å². The maximum Gasteiger partial charge on any atom is 0.287 e. The van der Waals surface area contributed by atoms with Crippen LogP contribution in [0, 0.1) is 13.8 Å². The fourth-order valence-electron chi connectivity index (χ4n) is 2.00. The molecule has 0 bridgehead atoms. The first-order valence-corrected chi connectivity index (χ1v) is 5.58. The summed E-state index contributed by atoms with van der Waals surface area (Å²) < 4.78 is 18.2. The van der Waals surface area contributed by atoms with E-state index in [1.54, 1.807) is 6.07 Å². The molecule has 1 N–H and O–H groups in total. The van der Waals surface area contributed by atoms with Crippen molar-refractivity contribution in [1.82, 2.24) is 5.32 Å². The van der Waals surface area contributed by atoms with Gasteiger partial charge in [-0.05, 0) is 44.7 Å². The van der Waals surface area contributed by atoms with Gasteiger partial charge in [0, 0.05) is 6.04 Å². The topological polar surface area (TPSA) is 42.2 Å². The molecule has 0 aromatic carbocycles. The van der Waals surface area contributed by atoms with Crippen molar-refractivity contribution in [2.24, 2.45) is 0 Å². The molecule has 88 valence electrons. The van der Waals surface area contributed by atoms with Crippen molar-refractivity contribution >= 4 is 5.91 Å². The summed E-state index contributed by atoms with van der Waals surface area (Å²) in [5.74, 6) is 0.826. The van der Waals surface area contributed by atoms with E-state index < -0.39 is 6.17 Å². The number of aryl methyl sites for hydroxylation is 2. The SMILES string of the molecule is Cc1cc(C(=O)NC2CCC(F)C2)oc1C. The quantitative estimate of drug-likeness (QED) is 0.840. The van der Waals surface area contributed by atoms with Crippen LogP contribution in [0.3, 0.4) is 0 Å². The summed E-state index contributed by atoms with van der Waals surface area (Å²) in [5, 5.41) is 2.79. The van der Waals surface area contributed by atoms with Gasteiger partial charge in [0.2, 0.25) is 0 Å². The summed E-state index contributed by atoms with van der Waals surface area (Å²) in [6, 6.07) is 1.67. The van der Waals surface area contributed by atoms with E-state index in [1.807, 2.05) is 13.8 Å². The minimum absolute atomic E-state index is 0.0480. The molecule has 3 nitrogen and oxygen atoms in total. The molecule has 0 saturated heterocycles. The van der Waals surface area contributed by atoms with E-state index in [4.69, 9.17) is 4.42 Å². The Labute approximate surface area is 94.0 Å². The highest BCUT2D eigenvalue weighted by Gasteiger charge is 2.26. The molecule has 2 unspecified atom stereocenters. The van der Waals surface area contributed by atoms with E-state index in [9.17, 15) is 9.18 Å². The highest BCUT2D eigenvalue weighted by atomic mass is 19.1. The zero-order valence-electron chi connectivity index (χ0n) is 9.55. The van der Waals surface area contributed by atoms with Crippen molar-refractivity contribution in [3.63, 3.8) is 0 Å². The number of furan rings is 1. The lowest BCUT2D eigenvalue weighted by molar-refractivity contribution is 0.0907. The number of nitrogens with one attached hydrogen (secondary N) is 1. The van der Waals surface area contributed by atoms with Crippen molar-refractivity contribution in [2.45, 2.75) is 45.3 Å². The molecule has 1 saturated carbocycles. The predicted molar refractivity (Wildman–Crippen MR) is 58.2 cm³/mol. The smallest absolute Gasteiger partial charge is 0.287 e. The Morgan fingerprint density at radius 2 is 2.25 bits per heavy atom. The second-order valence-electron chi connectivity index (χ2n) is 4.43. The Morgan fingerprint density at radius 3 is 2.75 bits per heavy atom. The summed E-state index contributed by atoms with van der Waals surface area (Å²) in [7, 11) is 0. The van der Waals surface area contributed by atoms with Gasteiger partial charge in [-0.1, -0.05) is 0 Å². The molecule has 4 heteroatoms. The molecule has 0 aliphatic heterocycles. The molecule has 1 fully saturated rings. The minimum atomic E-state index is -0.773. The molecule has 16 heavy (non-hydrogen) atoms. The second-order valence-corrected chi connectivity index (χ2v) is 4.43. The molecular formula is C12H16FNO2. The van der Waals surface area contributed by atoms with Gasteiger partial charge in [0.05, 0.1) is 0 Å². The maximum absolute atomic E-state index is 12.9. The normalized spacial score (nSPS) is 24.7. The lowest BCUT2D eigenvalue weighted by atomic mass is 10.2. The van der Waals surface area contributed by atoms with Crippen molar-refractivity contribution in [1.29, 1.82) is 0 Å². The van der Waals surface area contributed by atoms with Crippen LogP contribution in [0.15, 0.2) is 10.5 Å². The molecule has 1 aromatic heterocycles. The number of carbonyl (C=O) groups excluding carboxylic acids is 1. The lowest BCUT2D eigenvalue weighted by Crippen LogP contribution is -2.32.